The number of urea groups is 1. The van der Waals surface area contributed by atoms with Crippen LogP contribution >= 0.6 is 11.3 Å². The number of hydrogen-bond acceptors (Lipinski definition) is 5. The standard InChI is InChI=1S/C12H19N3O4S/c1-8-15-9(7-20-8)3-4-13-12(18)14-6-10(19-2)5-11(16)17/h7,10H,3-6H2,1-2H3,(H,16,17)(H2,13,14,18). The molecule has 1 rings (SSSR count). The summed E-state index contributed by atoms with van der Waals surface area (Å²) in [5.74, 6) is -0.960. The third kappa shape index (κ3) is 6.48. The number of carbonyl (C=O) groups is 2. The lowest BCUT2D eigenvalue weighted by molar-refractivity contribution is -0.139. The Kier molecular flexibility index (Phi) is 6.96. The van der Waals surface area contributed by atoms with Gasteiger partial charge in [0.05, 0.1) is 23.2 Å². The monoisotopic (exact) mass is 301 g/mol. The molecule has 1 aromatic heterocycles. The summed E-state index contributed by atoms with van der Waals surface area (Å²) in [6, 6.07) is -0.343. The topological polar surface area (TPSA) is 101 Å². The van der Waals surface area contributed by atoms with Crippen molar-refractivity contribution in [3.8, 4) is 0 Å². The minimum atomic E-state index is -0.960. The van der Waals surface area contributed by atoms with Crippen molar-refractivity contribution in [1.29, 1.82) is 0 Å². The van der Waals surface area contributed by atoms with E-state index < -0.39 is 12.1 Å². The molecule has 112 valence electrons. The number of aryl methyl sites for hydroxylation is 1. The molecule has 2 amide bonds. The normalized spacial score (nSPS) is 11.9. The largest absolute Gasteiger partial charge is 0.481 e. The van der Waals surface area contributed by atoms with Crippen LogP contribution in [0.5, 0.6) is 0 Å². The Labute approximate surface area is 121 Å². The Bertz CT molecular complexity index is 450. The summed E-state index contributed by atoms with van der Waals surface area (Å²) in [5.41, 5.74) is 0.952. The molecule has 0 radical (unpaired) electrons. The molecule has 20 heavy (non-hydrogen) atoms. The van der Waals surface area contributed by atoms with Crippen molar-refractivity contribution in [1.82, 2.24) is 15.6 Å². The Hall–Kier alpha value is -1.67. The van der Waals surface area contributed by atoms with E-state index in [1.807, 2.05) is 12.3 Å². The summed E-state index contributed by atoms with van der Waals surface area (Å²) in [6.45, 7) is 2.57. The minimum Gasteiger partial charge on any atom is -0.481 e. The van der Waals surface area contributed by atoms with Gasteiger partial charge in [0.2, 0.25) is 0 Å². The predicted octanol–water partition coefficient (Wildman–Crippen LogP) is 0.783. The van der Waals surface area contributed by atoms with Gasteiger partial charge in [-0.2, -0.15) is 0 Å². The van der Waals surface area contributed by atoms with Crippen molar-refractivity contribution in [3.05, 3.63) is 16.1 Å². The van der Waals surface area contributed by atoms with Gasteiger partial charge in [0.15, 0.2) is 0 Å². The van der Waals surface area contributed by atoms with E-state index in [-0.39, 0.29) is 19.0 Å². The van der Waals surface area contributed by atoms with Gasteiger partial charge in [-0.15, -0.1) is 11.3 Å². The summed E-state index contributed by atoms with van der Waals surface area (Å²) in [5, 5.41) is 16.9. The quantitative estimate of drug-likeness (QED) is 0.659. The molecule has 0 spiro atoms. The van der Waals surface area contributed by atoms with Gasteiger partial charge in [0, 0.05) is 32.0 Å². The number of rotatable bonds is 8. The number of amides is 2. The maximum Gasteiger partial charge on any atom is 0.314 e. The maximum absolute atomic E-state index is 11.5. The number of hydrogen-bond donors (Lipinski definition) is 3. The highest BCUT2D eigenvalue weighted by Crippen LogP contribution is 2.07. The van der Waals surface area contributed by atoms with Gasteiger partial charge in [0.25, 0.3) is 0 Å². The van der Waals surface area contributed by atoms with Crippen molar-refractivity contribution in [2.75, 3.05) is 20.2 Å². The van der Waals surface area contributed by atoms with Crippen LogP contribution in [0.3, 0.4) is 0 Å². The summed E-state index contributed by atoms with van der Waals surface area (Å²) < 4.78 is 4.96. The average Bonchev–Trinajstić information content (AvgIpc) is 2.80. The van der Waals surface area contributed by atoms with Crippen LogP contribution in [0.25, 0.3) is 0 Å². The molecule has 1 heterocycles. The van der Waals surface area contributed by atoms with E-state index in [0.29, 0.717) is 13.0 Å². The first kappa shape index (κ1) is 16.4. The molecule has 8 heteroatoms. The summed E-state index contributed by atoms with van der Waals surface area (Å²) in [6.07, 6.45) is -0.00501. The summed E-state index contributed by atoms with van der Waals surface area (Å²) in [7, 11) is 1.41. The molecule has 0 aliphatic heterocycles. The second-order valence-corrected chi connectivity index (χ2v) is 5.26. The molecule has 7 nitrogen and oxygen atoms in total. The van der Waals surface area contributed by atoms with Gasteiger partial charge in [-0.1, -0.05) is 0 Å². The molecule has 0 saturated heterocycles. The molecule has 0 saturated carbocycles. The first-order chi connectivity index (χ1) is 9.51. The number of ether oxygens (including phenoxy) is 1. The predicted molar refractivity (Wildman–Crippen MR) is 75.0 cm³/mol. The fourth-order valence-electron chi connectivity index (χ4n) is 1.53. The zero-order chi connectivity index (χ0) is 15.0. The number of carboxylic acid groups (broad SMARTS) is 1. The van der Waals surface area contributed by atoms with Crippen LogP contribution in [-0.2, 0) is 16.0 Å². The SMILES string of the molecule is COC(CNC(=O)NCCc1csc(C)n1)CC(=O)O. The Morgan fingerprint density at radius 2 is 2.25 bits per heavy atom. The van der Waals surface area contributed by atoms with E-state index in [0.717, 1.165) is 10.7 Å². The van der Waals surface area contributed by atoms with E-state index in [1.54, 1.807) is 11.3 Å². The highest BCUT2D eigenvalue weighted by Gasteiger charge is 2.13. The van der Waals surface area contributed by atoms with E-state index in [4.69, 9.17) is 9.84 Å². The van der Waals surface area contributed by atoms with Crippen molar-refractivity contribution >= 4 is 23.3 Å². The molecule has 1 aromatic rings. The van der Waals surface area contributed by atoms with E-state index >= 15 is 0 Å². The molecule has 0 aliphatic carbocycles. The van der Waals surface area contributed by atoms with Gasteiger partial charge in [0.1, 0.15) is 0 Å². The lowest BCUT2D eigenvalue weighted by Gasteiger charge is -2.14. The number of methoxy groups -OCH3 is 1. The van der Waals surface area contributed by atoms with Gasteiger partial charge in [-0.25, -0.2) is 9.78 Å². The smallest absolute Gasteiger partial charge is 0.314 e. The van der Waals surface area contributed by atoms with Crippen LogP contribution in [0.2, 0.25) is 0 Å². The molecule has 3 N–H and O–H groups in total. The average molecular weight is 301 g/mol. The van der Waals surface area contributed by atoms with Gasteiger partial charge >= 0.3 is 12.0 Å². The Morgan fingerprint density at radius 1 is 1.50 bits per heavy atom. The fourth-order valence-corrected chi connectivity index (χ4v) is 2.18. The second-order valence-electron chi connectivity index (χ2n) is 4.20. The molecule has 0 aromatic carbocycles. The molecular formula is C12H19N3O4S. The van der Waals surface area contributed by atoms with Gasteiger partial charge in [-0.3, -0.25) is 4.79 Å². The number of carbonyl (C=O) groups excluding carboxylic acids is 1. The van der Waals surface area contributed by atoms with Crippen molar-refractivity contribution in [2.24, 2.45) is 0 Å². The molecular weight excluding hydrogens is 282 g/mol. The number of carboxylic acids is 1. The molecule has 1 unspecified atom stereocenters. The number of nitrogens with one attached hydrogen (secondary N) is 2. The van der Waals surface area contributed by atoms with Crippen molar-refractivity contribution in [2.45, 2.75) is 25.9 Å². The first-order valence-corrected chi connectivity index (χ1v) is 7.06. The van der Waals surface area contributed by atoms with Crippen LogP contribution in [0, 0.1) is 6.92 Å². The molecule has 0 fully saturated rings. The van der Waals surface area contributed by atoms with Crippen molar-refractivity contribution < 1.29 is 19.4 Å². The molecule has 1 atom stereocenters. The summed E-state index contributed by atoms with van der Waals surface area (Å²) >= 11 is 1.57. The Morgan fingerprint density at radius 3 is 2.80 bits per heavy atom. The number of aliphatic carboxylic acids is 1. The van der Waals surface area contributed by atoms with E-state index in [1.165, 1.54) is 7.11 Å². The van der Waals surface area contributed by atoms with Crippen LogP contribution in [0.15, 0.2) is 5.38 Å². The van der Waals surface area contributed by atoms with Crippen LogP contribution in [0.1, 0.15) is 17.1 Å². The first-order valence-electron chi connectivity index (χ1n) is 6.18. The highest BCUT2D eigenvalue weighted by molar-refractivity contribution is 7.09. The van der Waals surface area contributed by atoms with Crippen LogP contribution in [0.4, 0.5) is 4.79 Å². The van der Waals surface area contributed by atoms with Crippen LogP contribution in [-0.4, -0.2) is 48.4 Å². The van der Waals surface area contributed by atoms with Gasteiger partial charge in [-0.05, 0) is 6.92 Å². The fraction of sp³-hybridized carbons (Fsp3) is 0.583. The number of aromatic nitrogens is 1. The zero-order valence-electron chi connectivity index (χ0n) is 11.5. The van der Waals surface area contributed by atoms with Crippen LogP contribution < -0.4 is 10.6 Å². The Balaban J connectivity index is 2.18. The number of nitrogens with zero attached hydrogens (tertiary/aromatic N) is 1. The zero-order valence-corrected chi connectivity index (χ0v) is 12.3. The third-order valence-electron chi connectivity index (χ3n) is 2.56. The highest BCUT2D eigenvalue weighted by atomic mass is 32.1. The third-order valence-corrected chi connectivity index (χ3v) is 3.38. The minimum absolute atomic E-state index is 0.144. The molecule has 0 aliphatic rings. The lowest BCUT2D eigenvalue weighted by atomic mass is 10.2. The van der Waals surface area contributed by atoms with E-state index in [2.05, 4.69) is 15.6 Å². The van der Waals surface area contributed by atoms with E-state index in [9.17, 15) is 9.59 Å². The number of thiazole rings is 1. The maximum atomic E-state index is 11.5. The van der Waals surface area contributed by atoms with Gasteiger partial charge < -0.3 is 20.5 Å². The summed E-state index contributed by atoms with van der Waals surface area (Å²) in [4.78, 5) is 26.3. The van der Waals surface area contributed by atoms with Crippen molar-refractivity contribution in [3.63, 3.8) is 0 Å². The lowest BCUT2D eigenvalue weighted by Crippen LogP contribution is -2.41. The molecule has 0 bridgehead atoms. The second kappa shape index (κ2) is 8.49.